The lowest BCUT2D eigenvalue weighted by Crippen LogP contribution is -2.39. The van der Waals surface area contributed by atoms with E-state index in [1.54, 1.807) is 0 Å². The highest BCUT2D eigenvalue weighted by atomic mass is 16.2. The molecule has 1 aromatic heterocycles. The minimum atomic E-state index is 0.118. The summed E-state index contributed by atoms with van der Waals surface area (Å²) in [5.41, 5.74) is 2.97. The van der Waals surface area contributed by atoms with Crippen LogP contribution in [0.2, 0.25) is 0 Å². The number of rotatable bonds is 4. The number of nitrogens with zero attached hydrogens (tertiary/aromatic N) is 3. The Kier molecular flexibility index (Phi) is 5.05. The van der Waals surface area contributed by atoms with Crippen LogP contribution in [-0.4, -0.2) is 33.4 Å². The van der Waals surface area contributed by atoms with Gasteiger partial charge in [0.2, 0.25) is 0 Å². The van der Waals surface area contributed by atoms with Gasteiger partial charge in [0.1, 0.15) is 5.82 Å². The Morgan fingerprint density at radius 2 is 1.93 bits per heavy atom. The van der Waals surface area contributed by atoms with Gasteiger partial charge in [-0.15, -0.1) is 0 Å². The number of aryl methyl sites for hydroxylation is 1. The zero-order valence-electron chi connectivity index (χ0n) is 15.7. The van der Waals surface area contributed by atoms with Crippen LogP contribution in [0.3, 0.4) is 0 Å². The van der Waals surface area contributed by atoms with Crippen molar-refractivity contribution in [3.8, 4) is 11.1 Å². The summed E-state index contributed by atoms with van der Waals surface area (Å²) < 4.78 is 2.19. The molecule has 1 aliphatic heterocycles. The first-order valence-corrected chi connectivity index (χ1v) is 9.72. The number of hydrogen-bond donors (Lipinski definition) is 0. The molecule has 1 atom stereocenters. The largest absolute Gasteiger partial charge is 0.338 e. The van der Waals surface area contributed by atoms with E-state index in [1.165, 1.54) is 0 Å². The van der Waals surface area contributed by atoms with Gasteiger partial charge < -0.3 is 9.47 Å². The summed E-state index contributed by atoms with van der Waals surface area (Å²) in [4.78, 5) is 19.7. The molecule has 27 heavy (non-hydrogen) atoms. The average Bonchev–Trinajstić information content (AvgIpc) is 3.23. The monoisotopic (exact) mass is 359 g/mol. The van der Waals surface area contributed by atoms with E-state index in [9.17, 15) is 4.79 Å². The summed E-state index contributed by atoms with van der Waals surface area (Å²) in [6.07, 6.45) is 6.00. The normalized spacial score (nSPS) is 17.1. The summed E-state index contributed by atoms with van der Waals surface area (Å²) in [7, 11) is 0. The van der Waals surface area contributed by atoms with Gasteiger partial charge in [0.25, 0.3) is 5.91 Å². The highest BCUT2D eigenvalue weighted by molar-refractivity contribution is 5.95. The fourth-order valence-corrected chi connectivity index (χ4v) is 3.97. The van der Waals surface area contributed by atoms with E-state index < -0.39 is 0 Å². The summed E-state index contributed by atoms with van der Waals surface area (Å²) in [6.45, 7) is 4.61. The first kappa shape index (κ1) is 17.5. The van der Waals surface area contributed by atoms with Crippen LogP contribution in [0.4, 0.5) is 0 Å². The number of imidazole rings is 1. The minimum absolute atomic E-state index is 0.118. The number of piperidine rings is 1. The quantitative estimate of drug-likeness (QED) is 0.683. The molecular weight excluding hydrogens is 334 g/mol. The Labute approximate surface area is 160 Å². The molecule has 4 nitrogen and oxygen atoms in total. The van der Waals surface area contributed by atoms with Crippen LogP contribution in [0, 0.1) is 0 Å². The highest BCUT2D eigenvalue weighted by Crippen LogP contribution is 2.28. The van der Waals surface area contributed by atoms with Crippen LogP contribution in [-0.2, 0) is 6.54 Å². The standard InChI is InChI=1S/C23H25N3O/c1-2-25-15-13-24-22(25)21-12-7-14-26(17-21)23(27)20-11-6-10-19(16-20)18-8-4-3-5-9-18/h3-6,8-11,13,15-16,21H,2,7,12,14,17H2,1H3/t21-/m1/s1. The van der Waals surface area contributed by atoms with Gasteiger partial charge in [0.15, 0.2) is 0 Å². The van der Waals surface area contributed by atoms with Crippen LogP contribution in [0.1, 0.15) is 41.9 Å². The van der Waals surface area contributed by atoms with Crippen molar-refractivity contribution in [3.05, 3.63) is 78.4 Å². The molecule has 0 bridgehead atoms. The first-order chi connectivity index (χ1) is 13.3. The number of hydrogen-bond acceptors (Lipinski definition) is 2. The maximum absolute atomic E-state index is 13.2. The highest BCUT2D eigenvalue weighted by Gasteiger charge is 2.27. The van der Waals surface area contributed by atoms with Crippen LogP contribution < -0.4 is 0 Å². The third-order valence-corrected chi connectivity index (χ3v) is 5.38. The van der Waals surface area contributed by atoms with Crippen molar-refractivity contribution < 1.29 is 4.79 Å². The van der Waals surface area contributed by atoms with Gasteiger partial charge in [0, 0.05) is 43.5 Å². The van der Waals surface area contributed by atoms with E-state index in [2.05, 4.69) is 34.7 Å². The van der Waals surface area contributed by atoms with Crippen LogP contribution in [0.15, 0.2) is 67.0 Å². The molecule has 0 radical (unpaired) electrons. The Morgan fingerprint density at radius 3 is 2.74 bits per heavy atom. The van der Waals surface area contributed by atoms with E-state index in [0.717, 1.165) is 55.0 Å². The van der Waals surface area contributed by atoms with E-state index >= 15 is 0 Å². The van der Waals surface area contributed by atoms with E-state index in [0.29, 0.717) is 5.92 Å². The Balaban J connectivity index is 1.54. The van der Waals surface area contributed by atoms with E-state index in [-0.39, 0.29) is 5.91 Å². The predicted molar refractivity (Wildman–Crippen MR) is 108 cm³/mol. The predicted octanol–water partition coefficient (Wildman–Crippen LogP) is 4.59. The lowest BCUT2D eigenvalue weighted by molar-refractivity contribution is 0.0703. The number of aromatic nitrogens is 2. The maximum Gasteiger partial charge on any atom is 0.253 e. The number of benzene rings is 2. The fraction of sp³-hybridized carbons (Fsp3) is 0.304. The van der Waals surface area contributed by atoms with Crippen LogP contribution in [0.5, 0.6) is 0 Å². The molecule has 0 unspecified atom stereocenters. The van der Waals surface area contributed by atoms with Crippen molar-refractivity contribution in [2.24, 2.45) is 0 Å². The molecule has 4 heteroatoms. The SMILES string of the molecule is CCn1ccnc1[C@@H]1CCCN(C(=O)c2cccc(-c3ccccc3)c2)C1. The maximum atomic E-state index is 13.2. The van der Waals surface area contributed by atoms with Gasteiger partial charge in [-0.25, -0.2) is 4.98 Å². The number of carbonyl (C=O) groups excluding carboxylic acids is 1. The summed E-state index contributed by atoms with van der Waals surface area (Å²) in [5, 5.41) is 0. The molecule has 3 aromatic rings. The molecule has 0 saturated carbocycles. The molecule has 4 rings (SSSR count). The molecule has 0 N–H and O–H groups in total. The Hall–Kier alpha value is -2.88. The second-order valence-corrected chi connectivity index (χ2v) is 7.11. The van der Waals surface area contributed by atoms with E-state index in [4.69, 9.17) is 0 Å². The van der Waals surface area contributed by atoms with Gasteiger partial charge in [-0.2, -0.15) is 0 Å². The summed E-state index contributed by atoms with van der Waals surface area (Å²) in [6, 6.07) is 18.2. The first-order valence-electron chi connectivity index (χ1n) is 9.72. The Bertz CT molecular complexity index is 916. The third kappa shape index (κ3) is 3.65. The van der Waals surface area contributed by atoms with Gasteiger partial charge in [-0.1, -0.05) is 42.5 Å². The molecule has 2 heterocycles. The number of likely N-dealkylation sites (tertiary alicyclic amines) is 1. The van der Waals surface area contributed by atoms with Gasteiger partial charge in [-0.3, -0.25) is 4.79 Å². The second-order valence-electron chi connectivity index (χ2n) is 7.11. The molecule has 138 valence electrons. The number of amides is 1. The molecule has 1 aliphatic rings. The summed E-state index contributed by atoms with van der Waals surface area (Å²) >= 11 is 0. The van der Waals surface area contributed by atoms with Gasteiger partial charge in [0.05, 0.1) is 0 Å². The zero-order chi connectivity index (χ0) is 18.6. The molecule has 0 spiro atoms. The fourth-order valence-electron chi connectivity index (χ4n) is 3.97. The zero-order valence-corrected chi connectivity index (χ0v) is 15.7. The Morgan fingerprint density at radius 1 is 1.11 bits per heavy atom. The molecular formula is C23H25N3O. The molecule has 0 aliphatic carbocycles. The van der Waals surface area contributed by atoms with Crippen molar-refractivity contribution in [3.63, 3.8) is 0 Å². The van der Waals surface area contributed by atoms with Gasteiger partial charge in [-0.05, 0) is 43.0 Å². The molecule has 1 saturated heterocycles. The molecule has 2 aromatic carbocycles. The average molecular weight is 359 g/mol. The second kappa shape index (κ2) is 7.78. The van der Waals surface area contributed by atoms with Crippen molar-refractivity contribution in [1.29, 1.82) is 0 Å². The van der Waals surface area contributed by atoms with Crippen LogP contribution >= 0.6 is 0 Å². The van der Waals surface area contributed by atoms with Crippen molar-refractivity contribution in [1.82, 2.24) is 14.5 Å². The number of carbonyl (C=O) groups is 1. The lowest BCUT2D eigenvalue weighted by Gasteiger charge is -2.32. The summed E-state index contributed by atoms with van der Waals surface area (Å²) in [5.74, 6) is 1.54. The van der Waals surface area contributed by atoms with Crippen molar-refractivity contribution in [2.75, 3.05) is 13.1 Å². The minimum Gasteiger partial charge on any atom is -0.338 e. The molecule has 1 amide bonds. The third-order valence-electron chi connectivity index (χ3n) is 5.38. The topological polar surface area (TPSA) is 38.1 Å². The van der Waals surface area contributed by atoms with E-state index in [1.807, 2.05) is 53.7 Å². The van der Waals surface area contributed by atoms with Crippen LogP contribution in [0.25, 0.3) is 11.1 Å². The smallest absolute Gasteiger partial charge is 0.253 e. The van der Waals surface area contributed by atoms with Crippen molar-refractivity contribution in [2.45, 2.75) is 32.2 Å². The molecule has 1 fully saturated rings. The lowest BCUT2D eigenvalue weighted by atomic mass is 9.96. The van der Waals surface area contributed by atoms with Crippen molar-refractivity contribution >= 4 is 5.91 Å². The van der Waals surface area contributed by atoms with Gasteiger partial charge >= 0.3 is 0 Å².